The van der Waals surface area contributed by atoms with E-state index in [1.54, 1.807) is 43.5 Å². The number of halogens is 1. The fourth-order valence-corrected chi connectivity index (χ4v) is 1.96. The number of methoxy groups -OCH3 is 1. The Morgan fingerprint density at radius 2 is 1.90 bits per heavy atom. The first-order chi connectivity index (χ1) is 9.65. The van der Waals surface area contributed by atoms with E-state index in [0.29, 0.717) is 34.0 Å². The summed E-state index contributed by atoms with van der Waals surface area (Å²) in [4.78, 5) is 23.0. The van der Waals surface area contributed by atoms with Crippen LogP contribution in [0.1, 0.15) is 15.9 Å². The summed E-state index contributed by atoms with van der Waals surface area (Å²) in [5.74, 6) is 0.443. The zero-order valence-corrected chi connectivity index (χ0v) is 11.5. The van der Waals surface area contributed by atoms with Gasteiger partial charge in [0.15, 0.2) is 5.78 Å². The first-order valence-corrected chi connectivity index (χ1v) is 6.22. The minimum absolute atomic E-state index is 0.223. The third-order valence-electron chi connectivity index (χ3n) is 2.79. The molecule has 0 aliphatic rings. The largest absolute Gasteiger partial charge is 0.497 e. The molecule has 2 rings (SSSR count). The molecule has 0 aliphatic heterocycles. The lowest BCUT2D eigenvalue weighted by Crippen LogP contribution is -2.07. The van der Waals surface area contributed by atoms with E-state index in [0.717, 1.165) is 0 Å². The fourth-order valence-electron chi connectivity index (χ4n) is 1.79. The van der Waals surface area contributed by atoms with E-state index >= 15 is 0 Å². The van der Waals surface area contributed by atoms with Crippen LogP contribution < -0.4 is 10.1 Å². The van der Waals surface area contributed by atoms with Crippen LogP contribution in [0.3, 0.4) is 0 Å². The van der Waals surface area contributed by atoms with Crippen molar-refractivity contribution in [2.45, 2.75) is 0 Å². The second-order valence-electron chi connectivity index (χ2n) is 4.01. The van der Waals surface area contributed by atoms with Gasteiger partial charge in [0.2, 0.25) is 6.41 Å². The fraction of sp³-hybridized carbons (Fsp3) is 0.0667. The van der Waals surface area contributed by atoms with Crippen molar-refractivity contribution in [3.05, 3.63) is 58.6 Å². The Morgan fingerprint density at radius 1 is 1.20 bits per heavy atom. The quantitative estimate of drug-likeness (QED) is 0.679. The molecule has 0 radical (unpaired) electrons. The number of hydrogen-bond acceptors (Lipinski definition) is 3. The number of ketones is 1. The SMILES string of the molecule is COc1ccc(C(=O)c2cc(Cl)ccc2NC=O)cc1. The molecule has 0 unspecified atom stereocenters. The van der Waals surface area contributed by atoms with E-state index in [1.807, 2.05) is 0 Å². The summed E-state index contributed by atoms with van der Waals surface area (Å²) in [6, 6.07) is 11.4. The van der Waals surface area contributed by atoms with Gasteiger partial charge in [-0.25, -0.2) is 0 Å². The van der Waals surface area contributed by atoms with Gasteiger partial charge in [0.25, 0.3) is 0 Å². The van der Waals surface area contributed by atoms with Gasteiger partial charge in [0, 0.05) is 16.1 Å². The molecule has 0 bridgehead atoms. The average Bonchev–Trinajstić information content (AvgIpc) is 2.48. The highest BCUT2D eigenvalue weighted by atomic mass is 35.5. The van der Waals surface area contributed by atoms with Crippen molar-refractivity contribution in [1.29, 1.82) is 0 Å². The summed E-state index contributed by atoms with van der Waals surface area (Å²) in [6.07, 6.45) is 0.522. The van der Waals surface area contributed by atoms with Crippen LogP contribution in [0.25, 0.3) is 0 Å². The third-order valence-corrected chi connectivity index (χ3v) is 3.03. The van der Waals surface area contributed by atoms with Gasteiger partial charge in [-0.3, -0.25) is 9.59 Å². The van der Waals surface area contributed by atoms with Crippen LogP contribution >= 0.6 is 11.6 Å². The molecule has 0 spiro atoms. The van der Waals surface area contributed by atoms with Gasteiger partial charge < -0.3 is 10.1 Å². The van der Waals surface area contributed by atoms with Gasteiger partial charge in [0.05, 0.1) is 12.8 Å². The molecule has 20 heavy (non-hydrogen) atoms. The molecule has 1 N–H and O–H groups in total. The summed E-state index contributed by atoms with van der Waals surface area (Å²) in [6.45, 7) is 0. The zero-order valence-electron chi connectivity index (χ0n) is 10.7. The predicted molar refractivity (Wildman–Crippen MR) is 77.6 cm³/mol. The Morgan fingerprint density at radius 3 is 2.50 bits per heavy atom. The Hall–Kier alpha value is -2.33. The third kappa shape index (κ3) is 2.97. The molecule has 2 aromatic carbocycles. The van der Waals surface area contributed by atoms with Crippen LogP contribution in [0.5, 0.6) is 5.75 Å². The predicted octanol–water partition coefficient (Wildman–Crippen LogP) is 3.15. The van der Waals surface area contributed by atoms with Crippen LogP contribution in [-0.4, -0.2) is 19.3 Å². The maximum absolute atomic E-state index is 12.4. The second-order valence-corrected chi connectivity index (χ2v) is 4.45. The number of nitrogens with one attached hydrogen (secondary N) is 1. The molecule has 0 fully saturated rings. The molecule has 4 nitrogen and oxygen atoms in total. The molecule has 0 heterocycles. The first-order valence-electron chi connectivity index (χ1n) is 5.84. The maximum Gasteiger partial charge on any atom is 0.211 e. The highest BCUT2D eigenvalue weighted by Gasteiger charge is 2.14. The molecular weight excluding hydrogens is 278 g/mol. The van der Waals surface area contributed by atoms with Crippen molar-refractivity contribution in [3.8, 4) is 5.75 Å². The van der Waals surface area contributed by atoms with Gasteiger partial charge in [-0.2, -0.15) is 0 Å². The van der Waals surface area contributed by atoms with Gasteiger partial charge >= 0.3 is 0 Å². The second kappa shape index (κ2) is 6.21. The number of rotatable bonds is 5. The lowest BCUT2D eigenvalue weighted by Gasteiger charge is -2.08. The molecule has 102 valence electrons. The van der Waals surface area contributed by atoms with E-state index in [1.165, 1.54) is 6.07 Å². The van der Waals surface area contributed by atoms with Gasteiger partial charge in [-0.1, -0.05) is 11.6 Å². The maximum atomic E-state index is 12.4. The highest BCUT2D eigenvalue weighted by Crippen LogP contribution is 2.24. The summed E-state index contributed by atoms with van der Waals surface area (Å²) < 4.78 is 5.04. The zero-order chi connectivity index (χ0) is 14.5. The standard InChI is InChI=1S/C15H12ClNO3/c1-20-12-5-2-10(3-6-12)15(19)13-8-11(16)4-7-14(13)17-9-18/h2-9H,1H3,(H,17,18). The molecule has 0 aliphatic carbocycles. The summed E-state index contributed by atoms with van der Waals surface area (Å²) >= 11 is 5.91. The first kappa shape index (κ1) is 14.1. The Labute approximate surface area is 121 Å². The molecule has 0 aromatic heterocycles. The molecule has 1 amide bonds. The minimum Gasteiger partial charge on any atom is -0.497 e. The molecular formula is C15H12ClNO3. The summed E-state index contributed by atoms with van der Waals surface area (Å²) in [5, 5.41) is 2.92. The monoisotopic (exact) mass is 289 g/mol. The van der Waals surface area contributed by atoms with Crippen LogP contribution in [0.2, 0.25) is 5.02 Å². The minimum atomic E-state index is -0.223. The van der Waals surface area contributed by atoms with E-state index < -0.39 is 0 Å². The normalized spacial score (nSPS) is 9.90. The van der Waals surface area contributed by atoms with Crippen molar-refractivity contribution in [2.75, 3.05) is 12.4 Å². The van der Waals surface area contributed by atoms with Crippen LogP contribution in [-0.2, 0) is 4.79 Å². The topological polar surface area (TPSA) is 55.4 Å². The molecule has 0 saturated carbocycles. The number of amides is 1. The number of hydrogen-bond donors (Lipinski definition) is 1. The highest BCUT2D eigenvalue weighted by molar-refractivity contribution is 6.31. The van der Waals surface area contributed by atoms with Crippen molar-refractivity contribution >= 4 is 29.5 Å². The van der Waals surface area contributed by atoms with Gasteiger partial charge in [-0.15, -0.1) is 0 Å². The average molecular weight is 290 g/mol. The lowest BCUT2D eigenvalue weighted by molar-refractivity contribution is -0.105. The number of carbonyl (C=O) groups excluding carboxylic acids is 2. The number of ether oxygens (including phenoxy) is 1. The molecule has 0 saturated heterocycles. The molecule has 2 aromatic rings. The van der Waals surface area contributed by atoms with Gasteiger partial charge in [0.1, 0.15) is 5.75 Å². The number of carbonyl (C=O) groups is 2. The van der Waals surface area contributed by atoms with E-state index in [4.69, 9.17) is 16.3 Å². The van der Waals surface area contributed by atoms with Crippen LogP contribution in [0.4, 0.5) is 5.69 Å². The molecule has 0 atom stereocenters. The molecule has 5 heteroatoms. The summed E-state index contributed by atoms with van der Waals surface area (Å²) in [5.41, 5.74) is 1.25. The van der Waals surface area contributed by atoms with Crippen LogP contribution in [0, 0.1) is 0 Å². The van der Waals surface area contributed by atoms with Gasteiger partial charge in [-0.05, 0) is 42.5 Å². The lowest BCUT2D eigenvalue weighted by atomic mass is 10.0. The van der Waals surface area contributed by atoms with Crippen molar-refractivity contribution < 1.29 is 14.3 Å². The van der Waals surface area contributed by atoms with Crippen molar-refractivity contribution in [1.82, 2.24) is 0 Å². The van der Waals surface area contributed by atoms with E-state index in [9.17, 15) is 9.59 Å². The van der Waals surface area contributed by atoms with Crippen LogP contribution in [0.15, 0.2) is 42.5 Å². The van der Waals surface area contributed by atoms with Crippen molar-refractivity contribution in [3.63, 3.8) is 0 Å². The summed E-state index contributed by atoms with van der Waals surface area (Å²) in [7, 11) is 1.56. The Kier molecular flexibility index (Phi) is 4.38. The van der Waals surface area contributed by atoms with E-state index in [2.05, 4.69) is 5.32 Å². The van der Waals surface area contributed by atoms with E-state index in [-0.39, 0.29) is 5.78 Å². The number of benzene rings is 2. The Bertz CT molecular complexity index is 638. The van der Waals surface area contributed by atoms with Crippen molar-refractivity contribution in [2.24, 2.45) is 0 Å². The Balaban J connectivity index is 2.40. The number of anilines is 1. The smallest absolute Gasteiger partial charge is 0.211 e.